The van der Waals surface area contributed by atoms with Crippen LogP contribution in [0.15, 0.2) is 0 Å². The third-order valence-corrected chi connectivity index (χ3v) is 3.45. The normalized spacial score (nSPS) is 28.3. The van der Waals surface area contributed by atoms with Gasteiger partial charge in [0.05, 0.1) is 0 Å². The van der Waals surface area contributed by atoms with Gasteiger partial charge in [-0.1, -0.05) is 34.6 Å². The fourth-order valence-electron chi connectivity index (χ4n) is 3.05. The van der Waals surface area contributed by atoms with E-state index in [4.69, 9.17) is 0 Å². The van der Waals surface area contributed by atoms with Gasteiger partial charge in [0, 0.05) is 26.2 Å². The Bertz CT molecular complexity index is 191. The molecule has 0 radical (unpaired) electrons. The Balaban J connectivity index is 2.39. The molecule has 16 heavy (non-hydrogen) atoms. The van der Waals surface area contributed by atoms with Crippen molar-refractivity contribution in [2.75, 3.05) is 32.7 Å². The van der Waals surface area contributed by atoms with Gasteiger partial charge in [0.1, 0.15) is 0 Å². The largest absolute Gasteiger partial charge is 0.316 e. The van der Waals surface area contributed by atoms with Crippen molar-refractivity contribution < 1.29 is 0 Å². The number of hydrogen-bond donors (Lipinski definition) is 1. The quantitative estimate of drug-likeness (QED) is 0.775. The molecule has 2 atom stereocenters. The third kappa shape index (κ3) is 4.84. The van der Waals surface area contributed by atoms with Crippen molar-refractivity contribution in [2.24, 2.45) is 17.3 Å². The Morgan fingerprint density at radius 1 is 1.19 bits per heavy atom. The summed E-state index contributed by atoms with van der Waals surface area (Å²) in [6.07, 6.45) is 1.41. The van der Waals surface area contributed by atoms with Gasteiger partial charge in [-0.3, -0.25) is 0 Å². The molecule has 1 aliphatic rings. The summed E-state index contributed by atoms with van der Waals surface area (Å²) in [7, 11) is 0. The summed E-state index contributed by atoms with van der Waals surface area (Å²) in [6, 6.07) is 0. The highest BCUT2D eigenvalue weighted by molar-refractivity contribution is 4.81. The second-order valence-corrected chi connectivity index (χ2v) is 6.58. The Morgan fingerprint density at radius 2 is 1.75 bits per heavy atom. The van der Waals surface area contributed by atoms with Crippen molar-refractivity contribution in [1.29, 1.82) is 0 Å². The van der Waals surface area contributed by atoms with Crippen LogP contribution in [0.2, 0.25) is 0 Å². The number of rotatable bonds is 5. The molecule has 1 fully saturated rings. The Hall–Kier alpha value is -0.0800. The molecule has 0 aliphatic carbocycles. The zero-order valence-electron chi connectivity index (χ0n) is 11.8. The Kier molecular flexibility index (Phi) is 5.26. The zero-order chi connectivity index (χ0) is 12.2. The average Bonchev–Trinajstić information content (AvgIpc) is 2.12. The van der Waals surface area contributed by atoms with Crippen LogP contribution in [0.3, 0.4) is 0 Å². The Morgan fingerprint density at radius 3 is 2.25 bits per heavy atom. The molecule has 1 aliphatic heterocycles. The van der Waals surface area contributed by atoms with Crippen LogP contribution >= 0.6 is 0 Å². The lowest BCUT2D eigenvalue weighted by Gasteiger charge is -2.39. The van der Waals surface area contributed by atoms with E-state index in [2.05, 4.69) is 44.8 Å². The number of hydrogen-bond acceptors (Lipinski definition) is 2. The lowest BCUT2D eigenvalue weighted by molar-refractivity contribution is 0.0963. The van der Waals surface area contributed by atoms with Crippen LogP contribution in [0.5, 0.6) is 0 Å². The molecular weight excluding hydrogens is 196 g/mol. The minimum Gasteiger partial charge on any atom is -0.316 e. The molecule has 0 bridgehead atoms. The summed E-state index contributed by atoms with van der Waals surface area (Å²) in [6.45, 7) is 17.7. The second-order valence-electron chi connectivity index (χ2n) is 6.58. The van der Waals surface area contributed by atoms with Crippen LogP contribution < -0.4 is 5.32 Å². The second kappa shape index (κ2) is 6.02. The summed E-state index contributed by atoms with van der Waals surface area (Å²) < 4.78 is 0. The summed E-state index contributed by atoms with van der Waals surface area (Å²) in [5.74, 6) is 1.75. The predicted octanol–water partition coefficient (Wildman–Crippen LogP) is 2.60. The summed E-state index contributed by atoms with van der Waals surface area (Å²) in [5.41, 5.74) is 0.396. The SMILES string of the molecule is CCNCC(C)(C)CN1CC(C)CC(C)C1. The maximum Gasteiger partial charge on any atom is 0.00451 e. The van der Waals surface area contributed by atoms with Crippen molar-refractivity contribution in [1.82, 2.24) is 10.2 Å². The Labute approximate surface area is 102 Å². The standard InChI is InChI=1S/C14H30N2/c1-6-15-10-14(4,5)11-16-8-12(2)7-13(3)9-16/h12-13,15H,6-11H2,1-5H3. The molecule has 0 aromatic rings. The molecule has 2 nitrogen and oxygen atoms in total. The lowest BCUT2D eigenvalue weighted by atomic mass is 9.87. The van der Waals surface area contributed by atoms with Crippen LogP contribution in [-0.2, 0) is 0 Å². The predicted molar refractivity (Wildman–Crippen MR) is 71.7 cm³/mol. The molecule has 96 valence electrons. The summed E-state index contributed by atoms with van der Waals surface area (Å²) in [5, 5.41) is 3.47. The first-order valence-corrected chi connectivity index (χ1v) is 6.86. The highest BCUT2D eigenvalue weighted by atomic mass is 15.1. The highest BCUT2D eigenvalue weighted by Crippen LogP contribution is 2.24. The first-order valence-electron chi connectivity index (χ1n) is 6.86. The molecule has 1 heterocycles. The molecule has 0 amide bonds. The van der Waals surface area contributed by atoms with E-state index in [-0.39, 0.29) is 0 Å². The van der Waals surface area contributed by atoms with Crippen LogP contribution in [0.4, 0.5) is 0 Å². The van der Waals surface area contributed by atoms with Gasteiger partial charge in [0.2, 0.25) is 0 Å². The molecule has 0 saturated carbocycles. The van der Waals surface area contributed by atoms with E-state index in [0.29, 0.717) is 5.41 Å². The van der Waals surface area contributed by atoms with Crippen molar-refractivity contribution in [3.8, 4) is 0 Å². The van der Waals surface area contributed by atoms with Crippen LogP contribution in [0, 0.1) is 17.3 Å². The first kappa shape index (κ1) is 14.0. The summed E-state index contributed by atoms with van der Waals surface area (Å²) in [4.78, 5) is 2.66. The fourth-order valence-corrected chi connectivity index (χ4v) is 3.05. The number of nitrogens with zero attached hydrogens (tertiary/aromatic N) is 1. The van der Waals surface area contributed by atoms with Gasteiger partial charge in [-0.2, -0.15) is 0 Å². The van der Waals surface area contributed by atoms with Gasteiger partial charge in [-0.25, -0.2) is 0 Å². The van der Waals surface area contributed by atoms with E-state index in [1.54, 1.807) is 0 Å². The maximum absolute atomic E-state index is 3.47. The molecule has 0 aromatic carbocycles. The zero-order valence-corrected chi connectivity index (χ0v) is 11.8. The molecule has 2 heteroatoms. The molecule has 2 unspecified atom stereocenters. The molecule has 1 rings (SSSR count). The molecule has 0 spiro atoms. The van der Waals surface area contributed by atoms with Gasteiger partial charge in [0.25, 0.3) is 0 Å². The van der Waals surface area contributed by atoms with Gasteiger partial charge in [-0.05, 0) is 30.2 Å². The molecule has 1 N–H and O–H groups in total. The van der Waals surface area contributed by atoms with Gasteiger partial charge >= 0.3 is 0 Å². The van der Waals surface area contributed by atoms with Crippen LogP contribution in [0.25, 0.3) is 0 Å². The van der Waals surface area contributed by atoms with E-state index in [1.807, 2.05) is 0 Å². The van der Waals surface area contributed by atoms with Crippen LogP contribution in [0.1, 0.15) is 41.0 Å². The van der Waals surface area contributed by atoms with Crippen molar-refractivity contribution in [2.45, 2.75) is 41.0 Å². The van der Waals surface area contributed by atoms with E-state index in [9.17, 15) is 0 Å². The minimum atomic E-state index is 0.396. The number of piperidine rings is 1. The van der Waals surface area contributed by atoms with Gasteiger partial charge in [-0.15, -0.1) is 0 Å². The molecular formula is C14H30N2. The lowest BCUT2D eigenvalue weighted by Crippen LogP contribution is -2.46. The fraction of sp³-hybridized carbons (Fsp3) is 1.00. The van der Waals surface area contributed by atoms with E-state index in [0.717, 1.165) is 24.9 Å². The van der Waals surface area contributed by atoms with E-state index >= 15 is 0 Å². The smallest absolute Gasteiger partial charge is 0.00451 e. The number of likely N-dealkylation sites (tertiary alicyclic amines) is 1. The maximum atomic E-state index is 3.47. The molecule has 1 saturated heterocycles. The van der Waals surface area contributed by atoms with E-state index in [1.165, 1.54) is 26.1 Å². The van der Waals surface area contributed by atoms with E-state index < -0.39 is 0 Å². The molecule has 0 aromatic heterocycles. The van der Waals surface area contributed by atoms with Crippen molar-refractivity contribution in [3.63, 3.8) is 0 Å². The summed E-state index contributed by atoms with van der Waals surface area (Å²) >= 11 is 0. The van der Waals surface area contributed by atoms with Gasteiger partial charge in [0.15, 0.2) is 0 Å². The van der Waals surface area contributed by atoms with Crippen molar-refractivity contribution in [3.05, 3.63) is 0 Å². The third-order valence-electron chi connectivity index (χ3n) is 3.45. The minimum absolute atomic E-state index is 0.396. The van der Waals surface area contributed by atoms with Crippen LogP contribution in [-0.4, -0.2) is 37.6 Å². The number of nitrogens with one attached hydrogen (secondary N) is 1. The highest BCUT2D eigenvalue weighted by Gasteiger charge is 2.27. The van der Waals surface area contributed by atoms with Crippen molar-refractivity contribution >= 4 is 0 Å². The van der Waals surface area contributed by atoms with Gasteiger partial charge < -0.3 is 10.2 Å². The average molecular weight is 226 g/mol. The first-order chi connectivity index (χ1) is 7.43. The monoisotopic (exact) mass is 226 g/mol. The topological polar surface area (TPSA) is 15.3 Å².